The Bertz CT molecular complexity index is 1020. The molecule has 0 unspecified atom stereocenters. The first-order chi connectivity index (χ1) is 12.1. The Morgan fingerprint density at radius 1 is 1.15 bits per heavy atom. The molecule has 0 saturated carbocycles. The van der Waals surface area contributed by atoms with Gasteiger partial charge in [0.1, 0.15) is 11.4 Å². The smallest absolute Gasteiger partial charge is 0.407 e. The summed E-state index contributed by atoms with van der Waals surface area (Å²) in [6, 6.07) is 2.00. The van der Waals surface area contributed by atoms with Gasteiger partial charge >= 0.3 is 5.76 Å². The number of H-pyrrole nitrogens is 1. The van der Waals surface area contributed by atoms with Gasteiger partial charge in [0.2, 0.25) is 0 Å². The molecule has 11 heteroatoms. The van der Waals surface area contributed by atoms with Crippen LogP contribution in [-0.4, -0.2) is 15.0 Å². The summed E-state index contributed by atoms with van der Waals surface area (Å²) in [6.07, 6.45) is -5.51. The lowest BCUT2D eigenvalue weighted by molar-refractivity contribution is 0.00648. The van der Waals surface area contributed by atoms with Gasteiger partial charge in [-0.1, -0.05) is 6.07 Å². The van der Waals surface area contributed by atoms with Gasteiger partial charge in [-0.2, -0.15) is 8.78 Å². The minimum Gasteiger partial charge on any atom is -0.407 e. The van der Waals surface area contributed by atoms with Crippen LogP contribution in [0.5, 0.6) is 0 Å². The third-order valence-electron chi connectivity index (χ3n) is 3.54. The lowest BCUT2D eigenvalue weighted by Crippen LogP contribution is -2.15. The molecule has 0 spiro atoms. The maximum Gasteiger partial charge on any atom is 0.417 e. The molecule has 0 fully saturated rings. The minimum atomic E-state index is -3.66. The van der Waals surface area contributed by atoms with Gasteiger partial charge in [0.25, 0.3) is 18.8 Å². The summed E-state index contributed by atoms with van der Waals surface area (Å²) < 4.78 is 83.9. The van der Waals surface area contributed by atoms with Gasteiger partial charge in [-0.3, -0.25) is 9.97 Å². The number of hydrogen-bond acceptors (Lipinski definition) is 4. The average Bonchev–Trinajstić information content (AvgIpc) is 2.93. The first-order valence-corrected chi connectivity index (χ1v) is 7.07. The van der Waals surface area contributed by atoms with Crippen LogP contribution in [0.3, 0.4) is 0 Å². The van der Waals surface area contributed by atoms with E-state index in [0.29, 0.717) is 6.92 Å². The van der Waals surface area contributed by atoms with E-state index < -0.39 is 41.5 Å². The molecule has 0 atom stereocenters. The number of hydrogen-bond donors (Lipinski definition) is 1. The van der Waals surface area contributed by atoms with Gasteiger partial charge in [0, 0.05) is 18.1 Å². The van der Waals surface area contributed by atoms with Crippen LogP contribution in [0.4, 0.5) is 26.3 Å². The molecule has 0 saturated heterocycles. The van der Waals surface area contributed by atoms with Gasteiger partial charge in [-0.05, 0) is 6.07 Å². The molecule has 26 heavy (non-hydrogen) atoms. The predicted molar refractivity (Wildman–Crippen MR) is 77.3 cm³/mol. The second-order valence-corrected chi connectivity index (χ2v) is 5.40. The van der Waals surface area contributed by atoms with Crippen LogP contribution < -0.4 is 5.76 Å². The van der Waals surface area contributed by atoms with Crippen molar-refractivity contribution in [1.29, 1.82) is 0 Å². The quantitative estimate of drug-likeness (QED) is 0.677. The summed E-state index contributed by atoms with van der Waals surface area (Å²) in [7, 11) is 0. The van der Waals surface area contributed by atoms with Crippen molar-refractivity contribution < 1.29 is 30.8 Å². The summed E-state index contributed by atoms with van der Waals surface area (Å²) in [5.41, 5.74) is -4.16. The molecule has 0 aliphatic heterocycles. The van der Waals surface area contributed by atoms with Gasteiger partial charge < -0.3 is 4.42 Å². The number of alkyl halides is 6. The molecule has 0 aliphatic carbocycles. The number of oxazole rings is 1. The van der Waals surface area contributed by atoms with Crippen LogP contribution in [0, 0.1) is 0 Å². The molecule has 0 aliphatic rings. The maximum atomic E-state index is 13.4. The first-order valence-electron chi connectivity index (χ1n) is 7.07. The Morgan fingerprint density at radius 3 is 2.42 bits per heavy atom. The van der Waals surface area contributed by atoms with Crippen molar-refractivity contribution in [3.8, 4) is 11.3 Å². The van der Waals surface area contributed by atoms with Crippen molar-refractivity contribution >= 4 is 11.1 Å². The van der Waals surface area contributed by atoms with Crippen LogP contribution in [0.15, 0.2) is 27.5 Å². The molecule has 0 amide bonds. The lowest BCUT2D eigenvalue weighted by Gasteiger charge is -2.14. The number of rotatable bonds is 4. The highest BCUT2D eigenvalue weighted by Gasteiger charge is 2.34. The molecule has 2 aromatic heterocycles. The third kappa shape index (κ3) is 3.04. The zero-order valence-electron chi connectivity index (χ0n) is 12.9. The molecule has 0 bridgehead atoms. The first kappa shape index (κ1) is 18.0. The van der Waals surface area contributed by atoms with Crippen molar-refractivity contribution in [2.75, 3.05) is 0 Å². The fourth-order valence-electron chi connectivity index (χ4n) is 2.46. The molecule has 0 radical (unpaired) electrons. The zero-order chi connectivity index (χ0) is 19.2. The van der Waals surface area contributed by atoms with E-state index in [1.807, 2.05) is 0 Å². The normalized spacial score (nSPS) is 12.5. The minimum absolute atomic E-state index is 0.122. The summed E-state index contributed by atoms with van der Waals surface area (Å²) in [4.78, 5) is 20.3. The molecular formula is C15H9F6N3O2. The maximum absolute atomic E-state index is 13.4. The Morgan fingerprint density at radius 2 is 1.85 bits per heavy atom. The molecule has 1 N–H and O–H groups in total. The number of aromatic nitrogens is 3. The summed E-state index contributed by atoms with van der Waals surface area (Å²) in [6.45, 7) is 0.392. The second-order valence-electron chi connectivity index (χ2n) is 5.40. The molecule has 3 aromatic rings. The Labute approximate surface area is 140 Å². The van der Waals surface area contributed by atoms with Crippen LogP contribution in [0.25, 0.3) is 22.4 Å². The SMILES string of the molecule is CC(F)(F)c1ncc(-c2ccc(C(F)F)c3[nH]c(=O)oc23)nc1C(F)F. The molecule has 5 nitrogen and oxygen atoms in total. The fourth-order valence-corrected chi connectivity index (χ4v) is 2.46. The van der Waals surface area contributed by atoms with Crippen LogP contribution in [-0.2, 0) is 5.92 Å². The van der Waals surface area contributed by atoms with E-state index in [4.69, 9.17) is 4.42 Å². The highest BCUT2D eigenvalue weighted by atomic mass is 19.3. The Balaban J connectivity index is 2.26. The van der Waals surface area contributed by atoms with Crippen molar-refractivity contribution in [2.24, 2.45) is 0 Å². The topological polar surface area (TPSA) is 71.8 Å². The van der Waals surface area contributed by atoms with E-state index in [1.54, 1.807) is 0 Å². The Kier molecular flexibility index (Phi) is 4.24. The fraction of sp³-hybridized carbons (Fsp3) is 0.267. The predicted octanol–water partition coefficient (Wildman–Crippen LogP) is 4.57. The number of nitrogens with zero attached hydrogens (tertiary/aromatic N) is 2. The number of benzene rings is 1. The van der Waals surface area contributed by atoms with Crippen LogP contribution in [0.1, 0.15) is 36.7 Å². The van der Waals surface area contributed by atoms with E-state index in [-0.39, 0.29) is 22.4 Å². The third-order valence-corrected chi connectivity index (χ3v) is 3.54. The number of nitrogens with one attached hydrogen (secondary N) is 1. The monoisotopic (exact) mass is 377 g/mol. The van der Waals surface area contributed by atoms with Gasteiger partial charge in [0.15, 0.2) is 5.58 Å². The molecule has 138 valence electrons. The van der Waals surface area contributed by atoms with E-state index in [2.05, 4.69) is 15.0 Å². The van der Waals surface area contributed by atoms with Crippen LogP contribution in [0.2, 0.25) is 0 Å². The molecule has 3 rings (SSSR count). The highest BCUT2D eigenvalue weighted by Crippen LogP contribution is 2.36. The number of halogens is 6. The molecule has 1 aromatic carbocycles. The van der Waals surface area contributed by atoms with Crippen molar-refractivity contribution in [3.63, 3.8) is 0 Å². The largest absolute Gasteiger partial charge is 0.417 e. The van der Waals surface area contributed by atoms with E-state index in [1.165, 1.54) is 0 Å². The second kappa shape index (κ2) is 6.15. The molecule has 2 heterocycles. The zero-order valence-corrected chi connectivity index (χ0v) is 12.9. The lowest BCUT2D eigenvalue weighted by atomic mass is 10.1. The van der Waals surface area contributed by atoms with Gasteiger partial charge in [-0.15, -0.1) is 0 Å². The standard InChI is InChI=1S/C15H9F6N3O2/c1-15(20,21)11-9(13(18)19)23-7(4-22-11)5-2-3-6(12(16)17)8-10(5)26-14(25)24-8/h2-4,12-13H,1H3,(H,24,25). The summed E-state index contributed by atoms with van der Waals surface area (Å²) in [5.74, 6) is -4.71. The van der Waals surface area contributed by atoms with Crippen molar-refractivity contribution in [2.45, 2.75) is 25.7 Å². The summed E-state index contributed by atoms with van der Waals surface area (Å²) in [5, 5.41) is 0. The van der Waals surface area contributed by atoms with Crippen LogP contribution >= 0.6 is 0 Å². The van der Waals surface area contributed by atoms with E-state index in [0.717, 1.165) is 18.3 Å². The number of fused-ring (bicyclic) bond motifs is 1. The van der Waals surface area contributed by atoms with Crippen molar-refractivity contribution in [3.05, 3.63) is 45.8 Å². The van der Waals surface area contributed by atoms with E-state index in [9.17, 15) is 31.1 Å². The molecular weight excluding hydrogens is 368 g/mol. The van der Waals surface area contributed by atoms with Gasteiger partial charge in [-0.25, -0.2) is 27.3 Å². The van der Waals surface area contributed by atoms with E-state index >= 15 is 0 Å². The van der Waals surface area contributed by atoms with Gasteiger partial charge in [0.05, 0.1) is 17.4 Å². The number of aromatic amines is 1. The van der Waals surface area contributed by atoms with Crippen molar-refractivity contribution in [1.82, 2.24) is 15.0 Å². The highest BCUT2D eigenvalue weighted by molar-refractivity contribution is 5.91. The summed E-state index contributed by atoms with van der Waals surface area (Å²) >= 11 is 0. The average molecular weight is 377 g/mol. The Hall–Kier alpha value is -2.85.